The SMILES string of the molecule is COc1ccc(C)cc1NC(=O)NCCOCC(=O)O. The molecule has 0 heterocycles. The van der Waals surface area contributed by atoms with Crippen LogP contribution in [0.5, 0.6) is 5.75 Å². The van der Waals surface area contributed by atoms with E-state index >= 15 is 0 Å². The van der Waals surface area contributed by atoms with Crippen molar-refractivity contribution in [1.29, 1.82) is 0 Å². The fraction of sp³-hybridized carbons (Fsp3) is 0.385. The molecule has 1 aromatic rings. The largest absolute Gasteiger partial charge is 0.495 e. The summed E-state index contributed by atoms with van der Waals surface area (Å²) in [6.45, 7) is 1.87. The molecule has 20 heavy (non-hydrogen) atoms. The van der Waals surface area contributed by atoms with E-state index in [4.69, 9.17) is 14.6 Å². The van der Waals surface area contributed by atoms with Crippen LogP contribution in [-0.4, -0.2) is 44.0 Å². The Bertz CT molecular complexity index is 476. The minimum atomic E-state index is -1.04. The Morgan fingerprint density at radius 2 is 2.10 bits per heavy atom. The van der Waals surface area contributed by atoms with Gasteiger partial charge in [-0.3, -0.25) is 0 Å². The molecule has 110 valence electrons. The molecule has 7 nitrogen and oxygen atoms in total. The third-order valence-corrected chi connectivity index (χ3v) is 2.36. The minimum Gasteiger partial charge on any atom is -0.495 e. The van der Waals surface area contributed by atoms with Crippen molar-refractivity contribution < 1.29 is 24.2 Å². The molecular formula is C13H18N2O5. The summed E-state index contributed by atoms with van der Waals surface area (Å²) in [5.41, 5.74) is 1.56. The predicted octanol–water partition coefficient (Wildman–Crippen LogP) is 1.23. The first-order chi connectivity index (χ1) is 9.52. The minimum absolute atomic E-state index is 0.130. The van der Waals surface area contributed by atoms with Gasteiger partial charge in [-0.05, 0) is 24.6 Å². The number of aryl methyl sites for hydroxylation is 1. The zero-order valence-corrected chi connectivity index (χ0v) is 11.4. The molecule has 0 aliphatic carbocycles. The first-order valence-electron chi connectivity index (χ1n) is 6.02. The summed E-state index contributed by atoms with van der Waals surface area (Å²) in [5, 5.41) is 13.6. The molecule has 0 radical (unpaired) electrons. The highest BCUT2D eigenvalue weighted by molar-refractivity contribution is 5.91. The first-order valence-corrected chi connectivity index (χ1v) is 6.02. The highest BCUT2D eigenvalue weighted by Crippen LogP contribution is 2.24. The van der Waals surface area contributed by atoms with E-state index in [0.29, 0.717) is 11.4 Å². The zero-order valence-electron chi connectivity index (χ0n) is 11.4. The van der Waals surface area contributed by atoms with Gasteiger partial charge in [0.05, 0.1) is 19.4 Å². The molecule has 0 unspecified atom stereocenters. The van der Waals surface area contributed by atoms with Crippen LogP contribution >= 0.6 is 0 Å². The summed E-state index contributed by atoms with van der Waals surface area (Å²) < 4.78 is 9.93. The van der Waals surface area contributed by atoms with Crippen LogP contribution in [0, 0.1) is 6.92 Å². The van der Waals surface area contributed by atoms with Gasteiger partial charge in [0, 0.05) is 6.54 Å². The van der Waals surface area contributed by atoms with Gasteiger partial charge in [0.15, 0.2) is 0 Å². The Balaban J connectivity index is 2.38. The lowest BCUT2D eigenvalue weighted by Gasteiger charge is -2.11. The van der Waals surface area contributed by atoms with E-state index in [1.54, 1.807) is 12.1 Å². The van der Waals surface area contributed by atoms with Gasteiger partial charge in [-0.25, -0.2) is 9.59 Å². The number of amides is 2. The normalized spacial score (nSPS) is 9.90. The molecule has 3 N–H and O–H groups in total. The predicted molar refractivity (Wildman–Crippen MR) is 73.2 cm³/mol. The van der Waals surface area contributed by atoms with Gasteiger partial charge in [0.2, 0.25) is 0 Å². The van der Waals surface area contributed by atoms with Crippen molar-refractivity contribution in [2.75, 3.05) is 32.2 Å². The molecule has 7 heteroatoms. The summed E-state index contributed by atoms with van der Waals surface area (Å²) in [7, 11) is 1.52. The summed E-state index contributed by atoms with van der Waals surface area (Å²) in [6, 6.07) is 5.02. The number of hydrogen-bond donors (Lipinski definition) is 3. The van der Waals surface area contributed by atoms with Crippen molar-refractivity contribution in [3.63, 3.8) is 0 Å². The topological polar surface area (TPSA) is 96.9 Å². The molecule has 0 atom stereocenters. The Kier molecular flexibility index (Phi) is 6.31. The second-order valence-corrected chi connectivity index (χ2v) is 4.03. The summed E-state index contributed by atoms with van der Waals surface area (Å²) in [6.07, 6.45) is 0. The molecule has 0 aliphatic rings. The number of nitrogens with one attached hydrogen (secondary N) is 2. The van der Waals surface area contributed by atoms with Gasteiger partial charge in [-0.1, -0.05) is 6.07 Å². The number of aliphatic carboxylic acids is 1. The number of carboxylic acids is 1. The Morgan fingerprint density at radius 3 is 2.75 bits per heavy atom. The third kappa shape index (κ3) is 5.57. The fourth-order valence-corrected chi connectivity index (χ4v) is 1.48. The number of carbonyl (C=O) groups excluding carboxylic acids is 1. The quantitative estimate of drug-likeness (QED) is 0.653. The number of benzene rings is 1. The Hall–Kier alpha value is -2.28. The lowest BCUT2D eigenvalue weighted by molar-refractivity contribution is -0.142. The van der Waals surface area contributed by atoms with Crippen molar-refractivity contribution >= 4 is 17.7 Å². The first kappa shape index (κ1) is 15.8. The summed E-state index contributed by atoms with van der Waals surface area (Å²) in [5.74, 6) is -0.480. The maximum atomic E-state index is 11.6. The molecule has 0 saturated heterocycles. The maximum absolute atomic E-state index is 11.6. The van der Waals surface area contributed by atoms with Crippen LogP contribution in [0.1, 0.15) is 5.56 Å². The Labute approximate surface area is 116 Å². The van der Waals surface area contributed by atoms with Crippen LogP contribution in [0.25, 0.3) is 0 Å². The molecule has 0 aromatic heterocycles. The smallest absolute Gasteiger partial charge is 0.329 e. The number of methoxy groups -OCH3 is 1. The van der Waals surface area contributed by atoms with Crippen LogP contribution in [-0.2, 0) is 9.53 Å². The van der Waals surface area contributed by atoms with Crippen molar-refractivity contribution in [3.8, 4) is 5.75 Å². The standard InChI is InChI=1S/C13H18N2O5/c1-9-3-4-11(19-2)10(7-9)15-13(18)14-5-6-20-8-12(16)17/h3-4,7H,5-6,8H2,1-2H3,(H,16,17)(H2,14,15,18). The molecular weight excluding hydrogens is 264 g/mol. The number of carbonyl (C=O) groups is 2. The van der Waals surface area contributed by atoms with Crippen LogP contribution in [0.4, 0.5) is 10.5 Å². The molecule has 0 spiro atoms. The summed E-state index contributed by atoms with van der Waals surface area (Å²) >= 11 is 0. The average Bonchev–Trinajstić information content (AvgIpc) is 2.38. The van der Waals surface area contributed by atoms with E-state index in [-0.39, 0.29) is 19.8 Å². The molecule has 1 aromatic carbocycles. The van der Waals surface area contributed by atoms with Crippen LogP contribution in [0.15, 0.2) is 18.2 Å². The number of carboxylic acid groups (broad SMARTS) is 1. The van der Waals surface area contributed by atoms with Crippen molar-refractivity contribution in [1.82, 2.24) is 5.32 Å². The van der Waals surface area contributed by atoms with E-state index in [9.17, 15) is 9.59 Å². The Morgan fingerprint density at radius 1 is 1.35 bits per heavy atom. The van der Waals surface area contributed by atoms with Crippen LogP contribution < -0.4 is 15.4 Å². The van der Waals surface area contributed by atoms with E-state index in [1.807, 2.05) is 13.0 Å². The fourth-order valence-electron chi connectivity index (χ4n) is 1.48. The molecule has 2 amide bonds. The van der Waals surface area contributed by atoms with Crippen molar-refractivity contribution in [2.24, 2.45) is 0 Å². The molecule has 0 fully saturated rings. The maximum Gasteiger partial charge on any atom is 0.329 e. The summed E-state index contributed by atoms with van der Waals surface area (Å²) in [4.78, 5) is 21.8. The molecule has 0 saturated carbocycles. The highest BCUT2D eigenvalue weighted by Gasteiger charge is 2.07. The number of anilines is 1. The van der Waals surface area contributed by atoms with E-state index in [1.165, 1.54) is 7.11 Å². The number of urea groups is 1. The van der Waals surface area contributed by atoms with Crippen molar-refractivity contribution in [2.45, 2.75) is 6.92 Å². The second kappa shape index (κ2) is 8.00. The molecule has 0 bridgehead atoms. The van der Waals surface area contributed by atoms with Gasteiger partial charge in [-0.2, -0.15) is 0 Å². The molecule has 0 aliphatic heterocycles. The number of rotatable bonds is 7. The highest BCUT2D eigenvalue weighted by atomic mass is 16.5. The van der Waals surface area contributed by atoms with Crippen molar-refractivity contribution in [3.05, 3.63) is 23.8 Å². The van der Waals surface area contributed by atoms with Crippen LogP contribution in [0.2, 0.25) is 0 Å². The van der Waals surface area contributed by atoms with E-state index in [0.717, 1.165) is 5.56 Å². The lowest BCUT2D eigenvalue weighted by atomic mass is 10.2. The number of hydrogen-bond acceptors (Lipinski definition) is 4. The van der Waals surface area contributed by atoms with E-state index in [2.05, 4.69) is 10.6 Å². The average molecular weight is 282 g/mol. The monoisotopic (exact) mass is 282 g/mol. The third-order valence-electron chi connectivity index (χ3n) is 2.36. The van der Waals surface area contributed by atoms with Gasteiger partial charge in [0.1, 0.15) is 12.4 Å². The zero-order chi connectivity index (χ0) is 15.0. The number of ether oxygens (including phenoxy) is 2. The van der Waals surface area contributed by atoms with Gasteiger partial charge < -0.3 is 25.2 Å². The molecule has 1 rings (SSSR count). The lowest BCUT2D eigenvalue weighted by Crippen LogP contribution is -2.32. The van der Waals surface area contributed by atoms with Gasteiger partial charge in [-0.15, -0.1) is 0 Å². The van der Waals surface area contributed by atoms with E-state index < -0.39 is 12.0 Å². The van der Waals surface area contributed by atoms with Crippen LogP contribution in [0.3, 0.4) is 0 Å². The van der Waals surface area contributed by atoms with Gasteiger partial charge in [0.25, 0.3) is 0 Å². The van der Waals surface area contributed by atoms with Gasteiger partial charge >= 0.3 is 12.0 Å². The second-order valence-electron chi connectivity index (χ2n) is 4.03.